The fraction of sp³-hybridized carbons (Fsp3) is 0.778. The van der Waals surface area contributed by atoms with Crippen LogP contribution in [0.25, 0.3) is 0 Å². The lowest BCUT2D eigenvalue weighted by molar-refractivity contribution is 0.0739. The highest BCUT2D eigenvalue weighted by atomic mass is 127. The van der Waals surface area contributed by atoms with Crippen molar-refractivity contribution in [3.63, 3.8) is 0 Å². The first-order valence-electron chi connectivity index (χ1n) is 8.94. The third-order valence-electron chi connectivity index (χ3n) is 4.91. The van der Waals surface area contributed by atoms with Gasteiger partial charge >= 0.3 is 0 Å². The highest BCUT2D eigenvalue weighted by Crippen LogP contribution is 2.23. The van der Waals surface area contributed by atoms with Crippen LogP contribution in [0.4, 0.5) is 0 Å². The van der Waals surface area contributed by atoms with Crippen LogP contribution in [0.15, 0.2) is 4.99 Å². The van der Waals surface area contributed by atoms with Crippen LogP contribution < -0.4 is 10.6 Å². The van der Waals surface area contributed by atoms with Crippen molar-refractivity contribution < 1.29 is 0 Å². The molecule has 1 aliphatic rings. The molecule has 25 heavy (non-hydrogen) atoms. The van der Waals surface area contributed by atoms with E-state index < -0.39 is 0 Å². The van der Waals surface area contributed by atoms with Crippen LogP contribution in [0.5, 0.6) is 0 Å². The Labute approximate surface area is 174 Å². The molecule has 1 aromatic rings. The van der Waals surface area contributed by atoms with Gasteiger partial charge in [0.25, 0.3) is 0 Å². The lowest BCUT2D eigenvalue weighted by Gasteiger charge is -2.43. The van der Waals surface area contributed by atoms with Gasteiger partial charge in [-0.3, -0.25) is 9.89 Å². The maximum atomic E-state index is 4.57. The van der Waals surface area contributed by atoms with Gasteiger partial charge in [0.15, 0.2) is 5.96 Å². The Morgan fingerprint density at radius 3 is 2.64 bits per heavy atom. The second-order valence-electron chi connectivity index (χ2n) is 7.53. The Kier molecular flexibility index (Phi) is 9.11. The van der Waals surface area contributed by atoms with E-state index in [1.165, 1.54) is 30.8 Å². The molecule has 7 heteroatoms. The van der Waals surface area contributed by atoms with Crippen molar-refractivity contribution in [1.29, 1.82) is 0 Å². The molecule has 1 aromatic heterocycles. The quantitative estimate of drug-likeness (QED) is 0.385. The molecule has 0 aromatic carbocycles. The molecule has 0 bridgehead atoms. The molecule has 1 atom stereocenters. The smallest absolute Gasteiger partial charge is 0.191 e. The number of piperidine rings is 1. The predicted octanol–water partition coefficient (Wildman–Crippen LogP) is 3.55. The number of nitrogens with one attached hydrogen (secondary N) is 2. The summed E-state index contributed by atoms with van der Waals surface area (Å²) in [5, 5.41) is 7.97. The van der Waals surface area contributed by atoms with E-state index in [-0.39, 0.29) is 29.5 Å². The van der Waals surface area contributed by atoms with Crippen LogP contribution in [-0.4, -0.2) is 48.1 Å². The number of hydrogen-bond donors (Lipinski definition) is 2. The summed E-state index contributed by atoms with van der Waals surface area (Å²) in [4.78, 5) is 12.8. The zero-order chi connectivity index (χ0) is 17.7. The van der Waals surface area contributed by atoms with E-state index in [0.29, 0.717) is 0 Å². The highest BCUT2D eigenvalue weighted by Gasteiger charge is 2.30. The van der Waals surface area contributed by atoms with Crippen LogP contribution in [0.2, 0.25) is 0 Å². The number of aromatic nitrogens is 1. The van der Waals surface area contributed by atoms with Gasteiger partial charge in [-0.05, 0) is 53.0 Å². The van der Waals surface area contributed by atoms with Crippen molar-refractivity contribution in [2.24, 2.45) is 10.9 Å². The van der Waals surface area contributed by atoms with Gasteiger partial charge in [-0.25, -0.2) is 4.98 Å². The molecule has 1 aliphatic heterocycles. The molecule has 1 unspecified atom stereocenters. The SMILES string of the molecule is CN=C(NCc1nc(C)c(C)s1)NCC(C)(C)N1CCCC(C)C1.I. The summed E-state index contributed by atoms with van der Waals surface area (Å²) in [6.45, 7) is 15.2. The van der Waals surface area contributed by atoms with E-state index in [1.807, 2.05) is 7.05 Å². The number of nitrogens with zero attached hydrogens (tertiary/aromatic N) is 3. The summed E-state index contributed by atoms with van der Waals surface area (Å²) in [6.07, 6.45) is 2.66. The second kappa shape index (κ2) is 10.1. The number of thiazole rings is 1. The first-order valence-corrected chi connectivity index (χ1v) is 9.76. The fourth-order valence-corrected chi connectivity index (χ4v) is 4.02. The molecular formula is C18H34IN5S. The molecule has 144 valence electrons. The average Bonchev–Trinajstić information content (AvgIpc) is 2.86. The Hall–Kier alpha value is -0.410. The van der Waals surface area contributed by atoms with Gasteiger partial charge in [0.2, 0.25) is 0 Å². The molecule has 1 fully saturated rings. The molecule has 2 heterocycles. The van der Waals surface area contributed by atoms with E-state index >= 15 is 0 Å². The van der Waals surface area contributed by atoms with Crippen molar-refractivity contribution in [2.45, 2.75) is 59.5 Å². The summed E-state index contributed by atoms with van der Waals surface area (Å²) in [5.74, 6) is 1.64. The summed E-state index contributed by atoms with van der Waals surface area (Å²) in [5.41, 5.74) is 1.25. The minimum atomic E-state index is 0. The maximum absolute atomic E-state index is 4.57. The van der Waals surface area contributed by atoms with Crippen molar-refractivity contribution in [3.8, 4) is 0 Å². The molecule has 0 radical (unpaired) electrons. The monoisotopic (exact) mass is 479 g/mol. The Balaban J connectivity index is 0.00000312. The minimum absolute atomic E-state index is 0. The van der Waals surface area contributed by atoms with Crippen LogP contribution in [0, 0.1) is 19.8 Å². The number of likely N-dealkylation sites (tertiary alicyclic amines) is 1. The van der Waals surface area contributed by atoms with Crippen LogP contribution in [0.1, 0.15) is 49.2 Å². The average molecular weight is 479 g/mol. The van der Waals surface area contributed by atoms with E-state index in [2.05, 4.69) is 60.1 Å². The molecule has 2 rings (SSSR count). The lowest BCUT2D eigenvalue weighted by Crippen LogP contribution is -2.55. The van der Waals surface area contributed by atoms with Gasteiger partial charge in [-0.2, -0.15) is 0 Å². The van der Waals surface area contributed by atoms with Gasteiger partial charge in [-0.15, -0.1) is 35.3 Å². The first-order chi connectivity index (χ1) is 11.3. The molecule has 0 saturated carbocycles. The van der Waals surface area contributed by atoms with Crippen molar-refractivity contribution >= 4 is 41.3 Å². The minimum Gasteiger partial charge on any atom is -0.355 e. The van der Waals surface area contributed by atoms with E-state index in [9.17, 15) is 0 Å². The number of aliphatic imine (C=N–C) groups is 1. The van der Waals surface area contributed by atoms with Gasteiger partial charge in [-0.1, -0.05) is 6.92 Å². The zero-order valence-corrected chi connectivity index (χ0v) is 19.6. The van der Waals surface area contributed by atoms with Gasteiger partial charge in [0.1, 0.15) is 5.01 Å². The fourth-order valence-electron chi connectivity index (χ4n) is 3.15. The lowest BCUT2D eigenvalue weighted by atomic mass is 9.93. The third-order valence-corrected chi connectivity index (χ3v) is 5.98. The summed E-state index contributed by atoms with van der Waals surface area (Å²) in [7, 11) is 1.82. The van der Waals surface area contributed by atoms with Crippen molar-refractivity contribution in [1.82, 2.24) is 20.5 Å². The number of hydrogen-bond acceptors (Lipinski definition) is 4. The Morgan fingerprint density at radius 1 is 1.36 bits per heavy atom. The van der Waals surface area contributed by atoms with Gasteiger partial charge in [0, 0.05) is 30.6 Å². The van der Waals surface area contributed by atoms with Crippen LogP contribution in [0.3, 0.4) is 0 Å². The molecule has 0 aliphatic carbocycles. The van der Waals surface area contributed by atoms with E-state index in [0.717, 1.165) is 35.7 Å². The topological polar surface area (TPSA) is 52.6 Å². The first kappa shape index (κ1) is 22.6. The second-order valence-corrected chi connectivity index (χ2v) is 8.82. The number of guanidine groups is 1. The summed E-state index contributed by atoms with van der Waals surface area (Å²) < 4.78 is 0. The molecule has 1 saturated heterocycles. The maximum Gasteiger partial charge on any atom is 0.191 e. The number of halogens is 1. The standard InChI is InChI=1S/C18H33N5S.HI/c1-13-8-7-9-23(11-13)18(4,5)12-21-17(19-6)20-10-16-22-14(2)15(3)24-16;/h13H,7-12H2,1-6H3,(H2,19,20,21);1H. The molecule has 0 spiro atoms. The van der Waals surface area contributed by atoms with Crippen LogP contribution in [-0.2, 0) is 6.54 Å². The van der Waals surface area contributed by atoms with Crippen LogP contribution >= 0.6 is 35.3 Å². The predicted molar refractivity (Wildman–Crippen MR) is 119 cm³/mol. The molecule has 5 nitrogen and oxygen atoms in total. The van der Waals surface area contributed by atoms with E-state index in [4.69, 9.17) is 0 Å². The molecular weight excluding hydrogens is 445 g/mol. The summed E-state index contributed by atoms with van der Waals surface area (Å²) >= 11 is 1.75. The normalized spacial score (nSPS) is 19.4. The Morgan fingerprint density at radius 2 is 2.08 bits per heavy atom. The van der Waals surface area contributed by atoms with Crippen molar-refractivity contribution in [2.75, 3.05) is 26.7 Å². The number of rotatable bonds is 5. The van der Waals surface area contributed by atoms with E-state index in [1.54, 1.807) is 11.3 Å². The summed E-state index contributed by atoms with van der Waals surface area (Å²) in [6, 6.07) is 0. The zero-order valence-electron chi connectivity index (χ0n) is 16.5. The Bertz CT molecular complexity index is 550. The van der Waals surface area contributed by atoms with Gasteiger partial charge in [0.05, 0.1) is 12.2 Å². The van der Waals surface area contributed by atoms with Gasteiger partial charge < -0.3 is 10.6 Å². The van der Waals surface area contributed by atoms with Crippen molar-refractivity contribution in [3.05, 3.63) is 15.6 Å². The molecule has 2 N–H and O–H groups in total. The third kappa shape index (κ3) is 6.67. The molecule has 0 amide bonds. The largest absolute Gasteiger partial charge is 0.355 e. The highest BCUT2D eigenvalue weighted by molar-refractivity contribution is 14.0. The number of aryl methyl sites for hydroxylation is 2.